The zero-order valence-corrected chi connectivity index (χ0v) is 9.86. The maximum Gasteiger partial charge on any atom is 0.118 e. The summed E-state index contributed by atoms with van der Waals surface area (Å²) in [6.45, 7) is 0. The summed E-state index contributed by atoms with van der Waals surface area (Å²) in [5.41, 5.74) is 2.22. The predicted molar refractivity (Wildman–Crippen MR) is 63.9 cm³/mol. The Labute approximate surface area is 97.1 Å². The Kier molecular flexibility index (Phi) is 3.02. The first kappa shape index (κ1) is 10.2. The highest BCUT2D eigenvalue weighted by atomic mass is 79.9. The monoisotopic (exact) mass is 263 g/mol. The number of halogens is 1. The van der Waals surface area contributed by atoms with Crippen LogP contribution < -0.4 is 4.74 Å². The lowest BCUT2D eigenvalue weighted by molar-refractivity contribution is 0.415. The number of hydrogen-bond donors (Lipinski definition) is 0. The molecule has 1 heterocycles. The van der Waals surface area contributed by atoms with Gasteiger partial charge in [-0.2, -0.15) is 0 Å². The number of aromatic nitrogens is 1. The highest BCUT2D eigenvalue weighted by molar-refractivity contribution is 9.10. The molecule has 0 aliphatic carbocycles. The molecule has 0 atom stereocenters. The largest absolute Gasteiger partial charge is 0.497 e. The van der Waals surface area contributed by atoms with E-state index in [9.17, 15) is 0 Å². The maximum absolute atomic E-state index is 5.10. The molecule has 1 aromatic heterocycles. The fourth-order valence-corrected chi connectivity index (χ4v) is 1.72. The van der Waals surface area contributed by atoms with Gasteiger partial charge in [-0.3, -0.25) is 4.98 Å². The highest BCUT2D eigenvalue weighted by Gasteiger charge is 1.99. The molecule has 2 aromatic rings. The van der Waals surface area contributed by atoms with E-state index in [0.717, 1.165) is 21.3 Å². The number of methoxy groups -OCH3 is 1. The zero-order valence-electron chi connectivity index (χ0n) is 8.27. The SMILES string of the molecule is COc1ccc(-c2cncc(Br)c2)cc1. The van der Waals surface area contributed by atoms with Crippen LogP contribution >= 0.6 is 15.9 Å². The average molecular weight is 264 g/mol. The smallest absolute Gasteiger partial charge is 0.118 e. The van der Waals surface area contributed by atoms with E-state index in [1.807, 2.05) is 36.5 Å². The van der Waals surface area contributed by atoms with Gasteiger partial charge in [0, 0.05) is 22.4 Å². The van der Waals surface area contributed by atoms with Gasteiger partial charge < -0.3 is 4.74 Å². The normalized spacial score (nSPS) is 10.0. The van der Waals surface area contributed by atoms with Gasteiger partial charge in [0.15, 0.2) is 0 Å². The lowest BCUT2D eigenvalue weighted by atomic mass is 10.1. The van der Waals surface area contributed by atoms with Crippen LogP contribution in [0.5, 0.6) is 5.75 Å². The van der Waals surface area contributed by atoms with Crippen LogP contribution in [-0.4, -0.2) is 12.1 Å². The minimum atomic E-state index is 0.863. The highest BCUT2D eigenvalue weighted by Crippen LogP contribution is 2.23. The molecule has 0 radical (unpaired) electrons. The van der Waals surface area contributed by atoms with Crippen LogP contribution in [0.15, 0.2) is 47.2 Å². The Hall–Kier alpha value is -1.35. The molecule has 0 fully saturated rings. The number of nitrogens with zero attached hydrogens (tertiary/aromatic N) is 1. The number of benzene rings is 1. The summed E-state index contributed by atoms with van der Waals surface area (Å²) in [5, 5.41) is 0. The number of ether oxygens (including phenoxy) is 1. The molecule has 0 N–H and O–H groups in total. The Morgan fingerprint density at radius 1 is 1.07 bits per heavy atom. The predicted octanol–water partition coefficient (Wildman–Crippen LogP) is 3.52. The van der Waals surface area contributed by atoms with Crippen LogP contribution in [0.1, 0.15) is 0 Å². The Morgan fingerprint density at radius 2 is 1.80 bits per heavy atom. The van der Waals surface area contributed by atoms with Crippen LogP contribution in [-0.2, 0) is 0 Å². The number of hydrogen-bond acceptors (Lipinski definition) is 2. The molecule has 2 rings (SSSR count). The molecule has 0 unspecified atom stereocenters. The van der Waals surface area contributed by atoms with E-state index in [1.165, 1.54) is 0 Å². The first-order valence-corrected chi connectivity index (χ1v) is 5.34. The molecule has 2 nitrogen and oxygen atoms in total. The van der Waals surface area contributed by atoms with Crippen molar-refractivity contribution in [2.75, 3.05) is 7.11 Å². The quantitative estimate of drug-likeness (QED) is 0.827. The van der Waals surface area contributed by atoms with Crippen molar-refractivity contribution >= 4 is 15.9 Å². The summed E-state index contributed by atoms with van der Waals surface area (Å²) < 4.78 is 6.09. The Bertz CT molecular complexity index is 453. The van der Waals surface area contributed by atoms with Crippen molar-refractivity contribution in [3.05, 3.63) is 47.2 Å². The summed E-state index contributed by atoms with van der Waals surface area (Å²) in [6.07, 6.45) is 3.61. The molecule has 0 saturated heterocycles. The second-order valence-electron chi connectivity index (χ2n) is 3.12. The van der Waals surface area contributed by atoms with Gasteiger partial charge in [0.05, 0.1) is 7.11 Å². The van der Waals surface area contributed by atoms with Gasteiger partial charge in [-0.15, -0.1) is 0 Å². The van der Waals surface area contributed by atoms with Gasteiger partial charge in [-0.1, -0.05) is 12.1 Å². The first-order chi connectivity index (χ1) is 7.29. The minimum Gasteiger partial charge on any atom is -0.497 e. The van der Waals surface area contributed by atoms with Crippen molar-refractivity contribution in [2.45, 2.75) is 0 Å². The molecular formula is C12H10BrNO. The molecule has 0 bridgehead atoms. The summed E-state index contributed by atoms with van der Waals surface area (Å²) in [6, 6.07) is 9.95. The van der Waals surface area contributed by atoms with Crippen LogP contribution in [0.4, 0.5) is 0 Å². The summed E-state index contributed by atoms with van der Waals surface area (Å²) in [7, 11) is 1.66. The molecule has 0 aliphatic rings. The maximum atomic E-state index is 5.10. The standard InChI is InChI=1S/C12H10BrNO/c1-15-12-4-2-9(3-5-12)10-6-11(13)8-14-7-10/h2-8H,1H3. The van der Waals surface area contributed by atoms with E-state index in [2.05, 4.69) is 20.9 Å². The van der Waals surface area contributed by atoms with Crippen molar-refractivity contribution in [3.8, 4) is 16.9 Å². The van der Waals surface area contributed by atoms with Crippen LogP contribution in [0.3, 0.4) is 0 Å². The van der Waals surface area contributed by atoms with Crippen molar-refractivity contribution in [1.82, 2.24) is 4.98 Å². The number of pyridine rings is 1. The van der Waals surface area contributed by atoms with Gasteiger partial charge in [0.25, 0.3) is 0 Å². The molecule has 0 saturated carbocycles. The molecule has 0 aliphatic heterocycles. The second-order valence-corrected chi connectivity index (χ2v) is 4.04. The van der Waals surface area contributed by atoms with Crippen molar-refractivity contribution in [3.63, 3.8) is 0 Å². The van der Waals surface area contributed by atoms with Crippen molar-refractivity contribution in [2.24, 2.45) is 0 Å². The fraction of sp³-hybridized carbons (Fsp3) is 0.0833. The van der Waals surface area contributed by atoms with E-state index in [4.69, 9.17) is 4.74 Å². The average Bonchev–Trinajstić information content (AvgIpc) is 2.29. The van der Waals surface area contributed by atoms with Crippen LogP contribution in [0, 0.1) is 0 Å². The Morgan fingerprint density at radius 3 is 2.40 bits per heavy atom. The topological polar surface area (TPSA) is 22.1 Å². The van der Waals surface area contributed by atoms with E-state index < -0.39 is 0 Å². The van der Waals surface area contributed by atoms with Crippen molar-refractivity contribution < 1.29 is 4.74 Å². The van der Waals surface area contributed by atoms with E-state index >= 15 is 0 Å². The van der Waals surface area contributed by atoms with E-state index in [0.29, 0.717) is 0 Å². The molecule has 0 spiro atoms. The van der Waals surface area contributed by atoms with Gasteiger partial charge in [-0.05, 0) is 39.7 Å². The van der Waals surface area contributed by atoms with Gasteiger partial charge in [0.2, 0.25) is 0 Å². The summed E-state index contributed by atoms with van der Waals surface area (Å²) >= 11 is 3.40. The van der Waals surface area contributed by atoms with Gasteiger partial charge in [0.1, 0.15) is 5.75 Å². The molecule has 1 aromatic carbocycles. The van der Waals surface area contributed by atoms with Crippen molar-refractivity contribution in [1.29, 1.82) is 0 Å². The fourth-order valence-electron chi connectivity index (χ4n) is 1.35. The van der Waals surface area contributed by atoms with Gasteiger partial charge >= 0.3 is 0 Å². The minimum absolute atomic E-state index is 0.863. The molecule has 15 heavy (non-hydrogen) atoms. The first-order valence-electron chi connectivity index (χ1n) is 4.54. The van der Waals surface area contributed by atoms with Crippen LogP contribution in [0.2, 0.25) is 0 Å². The Balaban J connectivity index is 2.37. The van der Waals surface area contributed by atoms with Crippen LogP contribution in [0.25, 0.3) is 11.1 Å². The summed E-state index contributed by atoms with van der Waals surface area (Å²) in [5.74, 6) is 0.863. The lowest BCUT2D eigenvalue weighted by Gasteiger charge is -2.03. The third-order valence-corrected chi connectivity index (χ3v) is 2.56. The summed E-state index contributed by atoms with van der Waals surface area (Å²) in [4.78, 5) is 4.13. The molecule has 0 amide bonds. The van der Waals surface area contributed by atoms with Gasteiger partial charge in [-0.25, -0.2) is 0 Å². The third kappa shape index (κ3) is 2.36. The zero-order chi connectivity index (χ0) is 10.7. The number of rotatable bonds is 2. The van der Waals surface area contributed by atoms with E-state index in [1.54, 1.807) is 13.3 Å². The van der Waals surface area contributed by atoms with E-state index in [-0.39, 0.29) is 0 Å². The molecule has 76 valence electrons. The molecule has 3 heteroatoms. The lowest BCUT2D eigenvalue weighted by Crippen LogP contribution is -1.83. The second kappa shape index (κ2) is 4.45. The molecular weight excluding hydrogens is 254 g/mol. The third-order valence-electron chi connectivity index (χ3n) is 2.13.